The van der Waals surface area contributed by atoms with Crippen LogP contribution in [0.5, 0.6) is 0 Å². The Bertz CT molecular complexity index is 994. The van der Waals surface area contributed by atoms with E-state index in [1.165, 1.54) is 11.1 Å². The van der Waals surface area contributed by atoms with E-state index < -0.39 is 0 Å². The number of aromatic nitrogens is 2. The third kappa shape index (κ3) is 4.43. The zero-order valence-corrected chi connectivity index (χ0v) is 17.4. The van der Waals surface area contributed by atoms with Gasteiger partial charge in [0.2, 0.25) is 0 Å². The van der Waals surface area contributed by atoms with Crippen LogP contribution in [-0.2, 0) is 0 Å². The van der Waals surface area contributed by atoms with Gasteiger partial charge in [0.05, 0.1) is 16.4 Å². The lowest BCUT2D eigenvalue weighted by Gasteiger charge is -2.12. The topological polar surface area (TPSA) is 50.2 Å². The third-order valence-electron chi connectivity index (χ3n) is 4.67. The molecular formula is C22H25ClN4O. The Morgan fingerprint density at radius 3 is 2.54 bits per heavy atom. The maximum atomic E-state index is 12.9. The zero-order chi connectivity index (χ0) is 20.3. The summed E-state index contributed by atoms with van der Waals surface area (Å²) in [6, 6.07) is 15.4. The number of nitrogens with zero attached hydrogens (tertiary/aromatic N) is 3. The molecule has 0 radical (unpaired) electrons. The first-order valence-electron chi connectivity index (χ1n) is 9.22. The molecule has 1 aromatic heterocycles. The fraction of sp³-hybridized carbons (Fsp3) is 0.273. The summed E-state index contributed by atoms with van der Waals surface area (Å²) in [6.45, 7) is 5.46. The zero-order valence-electron chi connectivity index (χ0n) is 16.7. The summed E-state index contributed by atoms with van der Waals surface area (Å²) in [7, 11) is 3.94. The lowest BCUT2D eigenvalue weighted by molar-refractivity contribution is 0.0943. The molecule has 0 saturated heterocycles. The molecule has 2 aromatic carbocycles. The third-order valence-corrected chi connectivity index (χ3v) is 4.99. The second kappa shape index (κ2) is 8.59. The molecule has 0 aliphatic rings. The van der Waals surface area contributed by atoms with Crippen LogP contribution in [0.1, 0.15) is 21.6 Å². The van der Waals surface area contributed by atoms with Gasteiger partial charge in [0.15, 0.2) is 0 Å². The summed E-state index contributed by atoms with van der Waals surface area (Å²) >= 11 is 6.38. The molecule has 3 aromatic rings. The van der Waals surface area contributed by atoms with Gasteiger partial charge in [0.1, 0.15) is 5.69 Å². The standard InChI is InChI=1S/C22H25ClN4O/c1-15-9-10-17(13-16(15)2)19-14-21(22(28)24-11-12-26(3)4)27(25-19)20-8-6-5-7-18(20)23/h5-10,13-14H,11-12H2,1-4H3,(H,24,28). The highest BCUT2D eigenvalue weighted by Crippen LogP contribution is 2.26. The van der Waals surface area contributed by atoms with Crippen molar-refractivity contribution in [2.75, 3.05) is 27.2 Å². The molecule has 6 heteroatoms. The largest absolute Gasteiger partial charge is 0.349 e. The summed E-state index contributed by atoms with van der Waals surface area (Å²) in [5, 5.41) is 8.21. The first kappa shape index (κ1) is 20.1. The van der Waals surface area contributed by atoms with Crippen LogP contribution in [0.4, 0.5) is 0 Å². The molecule has 0 unspecified atom stereocenters. The van der Waals surface area contributed by atoms with E-state index in [-0.39, 0.29) is 5.91 Å². The van der Waals surface area contributed by atoms with Crippen LogP contribution >= 0.6 is 11.6 Å². The van der Waals surface area contributed by atoms with Crippen molar-refractivity contribution in [1.29, 1.82) is 0 Å². The second-order valence-electron chi connectivity index (χ2n) is 7.14. The molecular weight excluding hydrogens is 372 g/mol. The van der Waals surface area contributed by atoms with Gasteiger partial charge < -0.3 is 10.2 Å². The first-order valence-corrected chi connectivity index (χ1v) is 9.60. The van der Waals surface area contributed by atoms with Gasteiger partial charge in [0, 0.05) is 18.7 Å². The van der Waals surface area contributed by atoms with Crippen molar-refractivity contribution in [2.45, 2.75) is 13.8 Å². The molecule has 0 fully saturated rings. The normalized spacial score (nSPS) is 11.1. The molecule has 0 aliphatic heterocycles. The van der Waals surface area contributed by atoms with Crippen molar-refractivity contribution >= 4 is 17.5 Å². The van der Waals surface area contributed by atoms with E-state index in [4.69, 9.17) is 16.7 Å². The lowest BCUT2D eigenvalue weighted by atomic mass is 10.0. The lowest BCUT2D eigenvalue weighted by Crippen LogP contribution is -2.32. The Morgan fingerprint density at radius 2 is 1.86 bits per heavy atom. The van der Waals surface area contributed by atoms with Gasteiger partial charge in [-0.05, 0) is 63.3 Å². The van der Waals surface area contributed by atoms with E-state index in [0.717, 1.165) is 17.8 Å². The quantitative estimate of drug-likeness (QED) is 0.682. The SMILES string of the molecule is Cc1ccc(-c2cc(C(=O)NCCN(C)C)n(-c3ccccc3Cl)n2)cc1C. The predicted octanol–water partition coefficient (Wildman–Crippen LogP) is 4.10. The van der Waals surface area contributed by atoms with E-state index >= 15 is 0 Å². The number of para-hydroxylation sites is 1. The maximum absolute atomic E-state index is 12.9. The second-order valence-corrected chi connectivity index (χ2v) is 7.54. The molecule has 3 rings (SSSR count). The van der Waals surface area contributed by atoms with Crippen LogP contribution in [0, 0.1) is 13.8 Å². The van der Waals surface area contributed by atoms with Crippen LogP contribution in [0.15, 0.2) is 48.5 Å². The highest BCUT2D eigenvalue weighted by molar-refractivity contribution is 6.32. The Morgan fingerprint density at radius 1 is 1.11 bits per heavy atom. The van der Waals surface area contributed by atoms with Crippen LogP contribution in [0.25, 0.3) is 16.9 Å². The molecule has 0 spiro atoms. The Hall–Kier alpha value is -2.63. The predicted molar refractivity (Wildman–Crippen MR) is 114 cm³/mol. The monoisotopic (exact) mass is 396 g/mol. The number of benzene rings is 2. The fourth-order valence-electron chi connectivity index (χ4n) is 2.88. The van der Waals surface area contributed by atoms with Crippen molar-refractivity contribution < 1.29 is 4.79 Å². The van der Waals surface area contributed by atoms with E-state index in [2.05, 4.69) is 31.3 Å². The van der Waals surface area contributed by atoms with E-state index in [0.29, 0.717) is 22.9 Å². The van der Waals surface area contributed by atoms with E-state index in [9.17, 15) is 4.79 Å². The number of halogens is 1. The molecule has 146 valence electrons. The number of likely N-dealkylation sites (N-methyl/N-ethyl adjacent to an activating group) is 1. The molecule has 0 atom stereocenters. The van der Waals surface area contributed by atoms with Gasteiger partial charge in [-0.1, -0.05) is 35.9 Å². The summed E-state index contributed by atoms with van der Waals surface area (Å²) in [6.07, 6.45) is 0. The molecule has 0 aliphatic carbocycles. The first-order chi connectivity index (χ1) is 13.4. The minimum absolute atomic E-state index is 0.177. The molecule has 1 N–H and O–H groups in total. The molecule has 5 nitrogen and oxygen atoms in total. The minimum Gasteiger partial charge on any atom is -0.349 e. The van der Waals surface area contributed by atoms with Crippen molar-refractivity contribution in [3.8, 4) is 16.9 Å². The number of hydrogen-bond acceptors (Lipinski definition) is 3. The van der Waals surface area contributed by atoms with E-state index in [1.54, 1.807) is 10.7 Å². The van der Waals surface area contributed by atoms with Gasteiger partial charge in [0.25, 0.3) is 5.91 Å². The number of hydrogen-bond donors (Lipinski definition) is 1. The molecule has 0 saturated carbocycles. The fourth-order valence-corrected chi connectivity index (χ4v) is 3.09. The van der Waals surface area contributed by atoms with Crippen molar-refractivity contribution in [1.82, 2.24) is 20.0 Å². The Balaban J connectivity index is 2.03. The smallest absolute Gasteiger partial charge is 0.270 e. The number of aryl methyl sites for hydroxylation is 2. The number of amides is 1. The Kier molecular flexibility index (Phi) is 6.17. The summed E-state index contributed by atoms with van der Waals surface area (Å²) in [4.78, 5) is 14.9. The van der Waals surface area contributed by atoms with Gasteiger partial charge in [-0.3, -0.25) is 4.79 Å². The average molecular weight is 397 g/mol. The van der Waals surface area contributed by atoms with Crippen LogP contribution in [0.3, 0.4) is 0 Å². The van der Waals surface area contributed by atoms with Crippen molar-refractivity contribution in [2.24, 2.45) is 0 Å². The molecule has 0 bridgehead atoms. The number of carbonyl (C=O) groups is 1. The average Bonchev–Trinajstić information content (AvgIpc) is 3.09. The molecule has 1 heterocycles. The highest BCUT2D eigenvalue weighted by Gasteiger charge is 2.19. The van der Waals surface area contributed by atoms with Gasteiger partial charge in [-0.15, -0.1) is 0 Å². The van der Waals surface area contributed by atoms with Crippen molar-refractivity contribution in [3.05, 3.63) is 70.4 Å². The maximum Gasteiger partial charge on any atom is 0.270 e. The van der Waals surface area contributed by atoms with Gasteiger partial charge >= 0.3 is 0 Å². The summed E-state index contributed by atoms with van der Waals surface area (Å²) in [5.74, 6) is -0.177. The van der Waals surface area contributed by atoms with Crippen LogP contribution < -0.4 is 5.32 Å². The summed E-state index contributed by atoms with van der Waals surface area (Å²) in [5.41, 5.74) is 5.24. The van der Waals surface area contributed by atoms with Crippen LogP contribution in [-0.4, -0.2) is 47.8 Å². The molecule has 1 amide bonds. The summed E-state index contributed by atoms with van der Waals surface area (Å²) < 4.78 is 1.62. The Labute approximate surface area is 170 Å². The minimum atomic E-state index is -0.177. The van der Waals surface area contributed by atoms with Crippen LogP contribution in [0.2, 0.25) is 5.02 Å². The molecule has 28 heavy (non-hydrogen) atoms. The van der Waals surface area contributed by atoms with Gasteiger partial charge in [-0.2, -0.15) is 5.10 Å². The van der Waals surface area contributed by atoms with E-state index in [1.807, 2.05) is 49.3 Å². The number of carbonyl (C=O) groups excluding carboxylic acids is 1. The number of nitrogens with one attached hydrogen (secondary N) is 1. The van der Waals surface area contributed by atoms with Gasteiger partial charge in [-0.25, -0.2) is 4.68 Å². The number of rotatable bonds is 6. The van der Waals surface area contributed by atoms with Crippen molar-refractivity contribution in [3.63, 3.8) is 0 Å². The highest BCUT2D eigenvalue weighted by atomic mass is 35.5.